The molecule has 214 valence electrons. The number of Topliss-reactive ketones (excluding diaryl/α,β-unsaturated/α-hetero) is 1. The Morgan fingerprint density at radius 1 is 1.28 bits per heavy atom. The van der Waals surface area contributed by atoms with Crippen LogP contribution in [-0.2, 0) is 28.6 Å². The van der Waals surface area contributed by atoms with Crippen molar-refractivity contribution in [3.8, 4) is 0 Å². The van der Waals surface area contributed by atoms with Crippen LogP contribution < -0.4 is 0 Å². The highest BCUT2D eigenvalue weighted by Gasteiger charge is 2.76. The summed E-state index contributed by atoms with van der Waals surface area (Å²) in [7, 11) is 0. The van der Waals surface area contributed by atoms with Gasteiger partial charge in [0.25, 0.3) is 0 Å². The molecule has 4 fully saturated rings. The summed E-state index contributed by atoms with van der Waals surface area (Å²) in [6, 6.07) is 0.263. The van der Waals surface area contributed by atoms with E-state index in [4.69, 9.17) is 18.3 Å². The number of carbonyl (C=O) groups is 3. The minimum atomic E-state index is -1.51. The molecular weight excluding hydrogens is 496 g/mol. The van der Waals surface area contributed by atoms with Crippen LogP contribution in [-0.4, -0.2) is 53.3 Å². The fourth-order valence-electron chi connectivity index (χ4n) is 9.21. The Labute approximate surface area is 235 Å². The smallest absolute Gasteiger partial charge is 0.308 e. The molecule has 5 aliphatic carbocycles. The van der Waals surface area contributed by atoms with Crippen molar-refractivity contribution in [1.82, 2.24) is 0 Å². The second-order valence-electron chi connectivity index (χ2n) is 13.4. The van der Waals surface area contributed by atoms with Crippen molar-refractivity contribution in [1.29, 1.82) is 0 Å². The molecule has 0 spiro atoms. The van der Waals surface area contributed by atoms with E-state index in [1.807, 2.05) is 13.8 Å². The number of aliphatic hydroxyl groups excluding tert-OH is 1. The van der Waals surface area contributed by atoms with Gasteiger partial charge in [0.2, 0.25) is 5.78 Å². The van der Waals surface area contributed by atoms with E-state index < -0.39 is 65.6 Å². The maximum atomic E-state index is 14.3. The van der Waals surface area contributed by atoms with E-state index in [0.29, 0.717) is 18.4 Å². The van der Waals surface area contributed by atoms with Gasteiger partial charge in [0, 0.05) is 31.8 Å². The molecular formula is C32H44O7. The average Bonchev–Trinajstić information content (AvgIpc) is 3.42. The van der Waals surface area contributed by atoms with Gasteiger partial charge in [-0.3, -0.25) is 14.4 Å². The number of ether oxygens (including phenoxy) is 3. The number of ketones is 2. The van der Waals surface area contributed by atoms with Crippen molar-refractivity contribution in [3.63, 3.8) is 0 Å². The van der Waals surface area contributed by atoms with Crippen molar-refractivity contribution >= 4 is 17.5 Å². The zero-order valence-electron chi connectivity index (χ0n) is 26.5. The van der Waals surface area contributed by atoms with Crippen LogP contribution in [0.2, 0.25) is 0 Å². The summed E-state index contributed by atoms with van der Waals surface area (Å²) in [5, 5.41) is 11.9. The number of allylic oxidation sites excluding steroid dienone is 4. The molecule has 6 rings (SSSR count). The zero-order valence-corrected chi connectivity index (χ0v) is 23.5. The third-order valence-electron chi connectivity index (χ3n) is 11.1. The molecule has 6 aliphatic rings. The quantitative estimate of drug-likeness (QED) is 0.396. The molecule has 3 saturated carbocycles. The standard InChI is InChI=1S/C32H44O7/c1-18(2)28(36)37-17-25(35)32-26(38-29(39-32)19-8-6-5-7-9-19)15-23-22-11-10-20-14-21(33)12-13-30(20,3)27(22)24(34)16-31(23,32)4/h10,12-13,18-19,22-24,26-27,29,34H,5-9,11,14-17H2,1-4H3/t22-,23-,24-,26+,27+,29+,30-,31-,32+/m0/s1/i10D,14D,18D/t14?,22-,23-,24-,26+,27+,29+,30-,31-,32+. The summed E-state index contributed by atoms with van der Waals surface area (Å²) >= 11 is 0. The van der Waals surface area contributed by atoms with Crippen molar-refractivity contribution in [2.75, 3.05) is 6.61 Å². The van der Waals surface area contributed by atoms with Crippen LogP contribution in [0.4, 0.5) is 0 Å². The van der Waals surface area contributed by atoms with Crippen LogP contribution >= 0.6 is 0 Å². The first kappa shape index (κ1) is 23.8. The summed E-state index contributed by atoms with van der Waals surface area (Å²) in [5.74, 6) is -3.58. The lowest BCUT2D eigenvalue weighted by atomic mass is 9.47. The number of hydrogen-bond donors (Lipinski definition) is 1. The minimum Gasteiger partial charge on any atom is -0.457 e. The number of esters is 1. The van der Waals surface area contributed by atoms with Crippen LogP contribution in [0.3, 0.4) is 0 Å². The SMILES string of the molecule is [2H]C1=C2C([2H])C(=O)C=C[C@]2(C)[C@@H]2[C@@H](C1)[C@@H]1C[C@H]3O[C@@H](C4CCCCC4)O[C@@]3(C(=O)COC(=O)C([2H])(C)C)[C@@]1(C)C[C@@H]2O. The van der Waals surface area contributed by atoms with Crippen molar-refractivity contribution in [2.45, 2.75) is 110 Å². The second-order valence-corrected chi connectivity index (χ2v) is 13.4. The topological polar surface area (TPSA) is 99.1 Å². The van der Waals surface area contributed by atoms with E-state index >= 15 is 0 Å². The lowest BCUT2D eigenvalue weighted by Crippen LogP contribution is -2.63. The van der Waals surface area contributed by atoms with Crippen LogP contribution in [0.5, 0.6) is 0 Å². The summed E-state index contributed by atoms with van der Waals surface area (Å²) < 4.78 is 44.4. The van der Waals surface area contributed by atoms with Crippen LogP contribution in [0.15, 0.2) is 23.8 Å². The summed E-state index contributed by atoms with van der Waals surface area (Å²) in [6.45, 7) is 6.20. The molecule has 10 atom stereocenters. The van der Waals surface area contributed by atoms with E-state index in [2.05, 4.69) is 0 Å². The van der Waals surface area contributed by atoms with Gasteiger partial charge in [-0.05, 0) is 50.0 Å². The Morgan fingerprint density at radius 3 is 2.74 bits per heavy atom. The molecule has 1 N–H and O–H groups in total. The largest absolute Gasteiger partial charge is 0.457 e. The van der Waals surface area contributed by atoms with Crippen LogP contribution in [0.1, 0.15) is 89.6 Å². The molecule has 1 saturated heterocycles. The van der Waals surface area contributed by atoms with E-state index in [-0.39, 0.29) is 41.9 Å². The number of fused-ring (bicyclic) bond motifs is 7. The van der Waals surface area contributed by atoms with Crippen LogP contribution in [0, 0.1) is 40.4 Å². The van der Waals surface area contributed by atoms with E-state index in [1.54, 1.807) is 6.08 Å². The Kier molecular flexibility index (Phi) is 5.88. The summed E-state index contributed by atoms with van der Waals surface area (Å²) in [6.07, 6.45) is 6.25. The molecule has 0 aromatic heterocycles. The number of rotatable bonds is 5. The van der Waals surface area contributed by atoms with Gasteiger partial charge in [0.1, 0.15) is 0 Å². The predicted octanol–water partition coefficient (Wildman–Crippen LogP) is 4.70. The average molecular weight is 544 g/mol. The van der Waals surface area contributed by atoms with Crippen molar-refractivity contribution in [2.24, 2.45) is 40.4 Å². The third kappa shape index (κ3) is 3.97. The summed E-state index contributed by atoms with van der Waals surface area (Å²) in [5.41, 5.74) is -2.67. The molecule has 1 heterocycles. The Morgan fingerprint density at radius 2 is 2.03 bits per heavy atom. The Bertz CT molecular complexity index is 1230. The predicted molar refractivity (Wildman–Crippen MR) is 143 cm³/mol. The number of aliphatic hydroxyl groups is 1. The number of carbonyl (C=O) groups excluding carboxylic acids is 3. The first-order valence-electron chi connectivity index (χ1n) is 16.3. The fraction of sp³-hybridized carbons (Fsp3) is 0.781. The van der Waals surface area contributed by atoms with Gasteiger partial charge in [0.15, 0.2) is 24.3 Å². The fourth-order valence-corrected chi connectivity index (χ4v) is 9.21. The van der Waals surface area contributed by atoms with E-state index in [0.717, 1.165) is 32.1 Å². The highest BCUT2D eigenvalue weighted by Crippen LogP contribution is 2.69. The maximum Gasteiger partial charge on any atom is 0.308 e. The molecule has 0 amide bonds. The molecule has 0 aromatic rings. The minimum absolute atomic E-state index is 0.149. The second kappa shape index (κ2) is 9.63. The lowest BCUT2D eigenvalue weighted by molar-refractivity contribution is -0.208. The first-order chi connectivity index (χ1) is 19.6. The van der Waals surface area contributed by atoms with E-state index in [1.165, 1.54) is 19.9 Å². The molecule has 0 radical (unpaired) electrons. The molecule has 1 aliphatic heterocycles. The van der Waals surface area contributed by atoms with Gasteiger partial charge in [-0.1, -0.05) is 64.7 Å². The molecule has 7 nitrogen and oxygen atoms in total. The Hall–Kier alpha value is -1.83. The molecule has 7 heteroatoms. The monoisotopic (exact) mass is 543 g/mol. The molecule has 0 aromatic carbocycles. The number of hydrogen-bond acceptors (Lipinski definition) is 7. The van der Waals surface area contributed by atoms with Gasteiger partial charge < -0.3 is 19.3 Å². The van der Waals surface area contributed by atoms with Gasteiger partial charge in [-0.25, -0.2) is 0 Å². The van der Waals surface area contributed by atoms with Gasteiger partial charge in [-0.2, -0.15) is 0 Å². The normalized spacial score (nSPS) is 48.8. The highest BCUT2D eigenvalue weighted by molar-refractivity contribution is 5.94. The Balaban J connectivity index is 1.38. The van der Waals surface area contributed by atoms with E-state index in [9.17, 15) is 19.5 Å². The molecule has 39 heavy (non-hydrogen) atoms. The zero-order chi connectivity index (χ0) is 30.4. The highest BCUT2D eigenvalue weighted by atomic mass is 16.7. The van der Waals surface area contributed by atoms with Gasteiger partial charge in [0.05, 0.1) is 19.5 Å². The lowest BCUT2D eigenvalue weighted by Gasteiger charge is -2.59. The summed E-state index contributed by atoms with van der Waals surface area (Å²) in [4.78, 5) is 39.2. The maximum absolute atomic E-state index is 14.3. The van der Waals surface area contributed by atoms with Crippen molar-refractivity contribution < 1.29 is 37.8 Å². The van der Waals surface area contributed by atoms with Crippen LogP contribution in [0.25, 0.3) is 0 Å². The third-order valence-corrected chi connectivity index (χ3v) is 11.1. The van der Waals surface area contributed by atoms with Gasteiger partial charge >= 0.3 is 5.97 Å². The molecule has 0 bridgehead atoms. The van der Waals surface area contributed by atoms with Gasteiger partial charge in [-0.15, -0.1) is 0 Å². The molecule has 1 unspecified atom stereocenters. The van der Waals surface area contributed by atoms with Crippen molar-refractivity contribution in [3.05, 3.63) is 23.8 Å². The first-order valence-corrected chi connectivity index (χ1v) is 14.7.